The molecule has 3 N–H and O–H groups in total. The number of aliphatic hydroxyl groups is 1. The Hall–Kier alpha value is -1.84. The highest BCUT2D eigenvalue weighted by molar-refractivity contribution is 5.61. The molecule has 0 bridgehead atoms. The Morgan fingerprint density at radius 1 is 1.10 bits per heavy atom. The largest absolute Gasteiger partial charge is 0.394 e. The molecule has 0 saturated heterocycles. The Balaban J connectivity index is 1.71. The number of para-hydroxylation sites is 1. The monoisotopic (exact) mass is 268 g/mol. The van der Waals surface area contributed by atoms with Gasteiger partial charge in [-0.25, -0.2) is 0 Å². The van der Waals surface area contributed by atoms with Crippen LogP contribution in [0.3, 0.4) is 0 Å². The summed E-state index contributed by atoms with van der Waals surface area (Å²) in [5.74, 6) is 0. The summed E-state index contributed by atoms with van der Waals surface area (Å²) >= 11 is 0. The van der Waals surface area contributed by atoms with Crippen molar-refractivity contribution in [3.8, 4) is 0 Å². The summed E-state index contributed by atoms with van der Waals surface area (Å²) in [4.78, 5) is 0. The number of nitrogens with one attached hydrogen (secondary N) is 2. The molecule has 0 saturated carbocycles. The lowest BCUT2D eigenvalue weighted by Gasteiger charge is -2.18. The molecule has 3 heteroatoms. The Labute approximate surface area is 119 Å². The standard InChI is InChI=1S/C17H20N2O/c20-12-16(13-5-2-1-3-6-13)19-11-15-8-4-7-14-9-10-18-17(14)15/h1-8,16,18-20H,9-12H2/t16-/m1/s1. The lowest BCUT2D eigenvalue weighted by Crippen LogP contribution is -2.24. The summed E-state index contributed by atoms with van der Waals surface area (Å²) in [6.07, 6.45) is 1.10. The van der Waals surface area contributed by atoms with Gasteiger partial charge in [-0.2, -0.15) is 0 Å². The predicted octanol–water partition coefficient (Wildman–Crippen LogP) is 2.48. The Morgan fingerprint density at radius 2 is 1.95 bits per heavy atom. The summed E-state index contributed by atoms with van der Waals surface area (Å²) in [5, 5.41) is 16.5. The van der Waals surface area contributed by atoms with Gasteiger partial charge in [-0.3, -0.25) is 0 Å². The van der Waals surface area contributed by atoms with Crippen molar-refractivity contribution in [3.05, 3.63) is 65.2 Å². The molecule has 104 valence electrons. The maximum atomic E-state index is 9.57. The lowest BCUT2D eigenvalue weighted by atomic mass is 10.1. The number of rotatable bonds is 5. The van der Waals surface area contributed by atoms with Gasteiger partial charge in [-0.05, 0) is 23.1 Å². The fraction of sp³-hybridized carbons (Fsp3) is 0.294. The lowest BCUT2D eigenvalue weighted by molar-refractivity contribution is 0.243. The molecule has 0 spiro atoms. The first-order valence-corrected chi connectivity index (χ1v) is 7.12. The second-order valence-corrected chi connectivity index (χ2v) is 5.15. The maximum absolute atomic E-state index is 9.57. The van der Waals surface area contributed by atoms with Crippen LogP contribution in [0.15, 0.2) is 48.5 Å². The van der Waals surface area contributed by atoms with Crippen LogP contribution in [0.1, 0.15) is 22.7 Å². The molecular formula is C17H20N2O. The third-order valence-corrected chi connectivity index (χ3v) is 3.86. The van der Waals surface area contributed by atoms with Crippen molar-refractivity contribution in [2.75, 3.05) is 18.5 Å². The van der Waals surface area contributed by atoms with E-state index in [9.17, 15) is 5.11 Å². The van der Waals surface area contributed by atoms with Gasteiger partial charge in [0, 0.05) is 18.8 Å². The topological polar surface area (TPSA) is 44.3 Å². The average Bonchev–Trinajstić information content (AvgIpc) is 2.98. The van der Waals surface area contributed by atoms with E-state index < -0.39 is 0 Å². The van der Waals surface area contributed by atoms with Crippen molar-refractivity contribution in [3.63, 3.8) is 0 Å². The van der Waals surface area contributed by atoms with Gasteiger partial charge in [0.2, 0.25) is 0 Å². The maximum Gasteiger partial charge on any atom is 0.0626 e. The van der Waals surface area contributed by atoms with Crippen LogP contribution in [0.5, 0.6) is 0 Å². The van der Waals surface area contributed by atoms with Crippen molar-refractivity contribution >= 4 is 5.69 Å². The van der Waals surface area contributed by atoms with E-state index in [2.05, 4.69) is 28.8 Å². The smallest absolute Gasteiger partial charge is 0.0626 e. The fourth-order valence-electron chi connectivity index (χ4n) is 2.76. The van der Waals surface area contributed by atoms with Gasteiger partial charge in [0.15, 0.2) is 0 Å². The Bertz CT molecular complexity index is 568. The molecule has 1 aliphatic heterocycles. The molecule has 3 nitrogen and oxygen atoms in total. The summed E-state index contributed by atoms with van der Waals surface area (Å²) < 4.78 is 0. The molecule has 3 rings (SSSR count). The third kappa shape index (κ3) is 2.69. The van der Waals surface area contributed by atoms with E-state index in [1.54, 1.807) is 0 Å². The molecular weight excluding hydrogens is 248 g/mol. The second kappa shape index (κ2) is 6.07. The minimum absolute atomic E-state index is 0.0199. The van der Waals surface area contributed by atoms with Crippen LogP contribution >= 0.6 is 0 Å². The number of benzene rings is 2. The third-order valence-electron chi connectivity index (χ3n) is 3.86. The first-order valence-electron chi connectivity index (χ1n) is 7.12. The molecule has 0 amide bonds. The molecule has 0 radical (unpaired) electrons. The van der Waals surface area contributed by atoms with Crippen LogP contribution < -0.4 is 10.6 Å². The Kier molecular flexibility index (Phi) is 4.00. The number of hydrogen-bond acceptors (Lipinski definition) is 3. The number of hydrogen-bond donors (Lipinski definition) is 3. The first-order chi connectivity index (χ1) is 9.88. The van der Waals surface area contributed by atoms with Gasteiger partial charge in [0.05, 0.1) is 12.6 Å². The van der Waals surface area contributed by atoms with E-state index in [0.29, 0.717) is 0 Å². The van der Waals surface area contributed by atoms with Crippen molar-refractivity contribution in [2.24, 2.45) is 0 Å². The summed E-state index contributed by atoms with van der Waals surface area (Å²) in [7, 11) is 0. The van der Waals surface area contributed by atoms with Crippen molar-refractivity contribution in [1.29, 1.82) is 0 Å². The van der Waals surface area contributed by atoms with Gasteiger partial charge in [0.1, 0.15) is 0 Å². The highest BCUT2D eigenvalue weighted by atomic mass is 16.3. The van der Waals surface area contributed by atoms with Crippen LogP contribution in [-0.2, 0) is 13.0 Å². The van der Waals surface area contributed by atoms with E-state index in [1.807, 2.05) is 30.3 Å². The zero-order valence-electron chi connectivity index (χ0n) is 11.5. The number of anilines is 1. The fourth-order valence-corrected chi connectivity index (χ4v) is 2.76. The van der Waals surface area contributed by atoms with Crippen molar-refractivity contribution < 1.29 is 5.11 Å². The quantitative estimate of drug-likeness (QED) is 0.780. The molecule has 0 aromatic heterocycles. The minimum atomic E-state index is -0.0199. The molecule has 1 atom stereocenters. The first kappa shape index (κ1) is 13.2. The molecule has 20 heavy (non-hydrogen) atoms. The Morgan fingerprint density at radius 3 is 2.75 bits per heavy atom. The van der Waals surface area contributed by atoms with E-state index in [4.69, 9.17) is 0 Å². The molecule has 0 fully saturated rings. The van der Waals surface area contributed by atoms with Crippen molar-refractivity contribution in [1.82, 2.24) is 5.32 Å². The number of fused-ring (bicyclic) bond motifs is 1. The van der Waals surface area contributed by atoms with Crippen LogP contribution in [0.4, 0.5) is 5.69 Å². The SMILES string of the molecule is OC[C@@H](NCc1cccc2c1NCC2)c1ccccc1. The van der Waals surface area contributed by atoms with Gasteiger partial charge in [-0.15, -0.1) is 0 Å². The number of aliphatic hydroxyl groups excluding tert-OH is 1. The predicted molar refractivity (Wildman–Crippen MR) is 81.7 cm³/mol. The van der Waals surface area contributed by atoms with E-state index in [0.717, 1.165) is 25.1 Å². The molecule has 0 unspecified atom stereocenters. The van der Waals surface area contributed by atoms with Crippen molar-refractivity contribution in [2.45, 2.75) is 19.0 Å². The zero-order chi connectivity index (χ0) is 13.8. The van der Waals surface area contributed by atoms with Crippen LogP contribution in [0, 0.1) is 0 Å². The molecule has 1 aliphatic rings. The van der Waals surface area contributed by atoms with Gasteiger partial charge >= 0.3 is 0 Å². The van der Waals surface area contributed by atoms with E-state index in [1.165, 1.54) is 16.8 Å². The summed E-state index contributed by atoms with van der Waals surface area (Å²) in [6, 6.07) is 16.5. The van der Waals surface area contributed by atoms with Crippen LogP contribution in [0.2, 0.25) is 0 Å². The van der Waals surface area contributed by atoms with E-state index in [-0.39, 0.29) is 12.6 Å². The van der Waals surface area contributed by atoms with Crippen LogP contribution in [-0.4, -0.2) is 18.3 Å². The normalized spacial score (nSPS) is 14.7. The highest BCUT2D eigenvalue weighted by Gasteiger charge is 2.15. The molecule has 2 aromatic rings. The van der Waals surface area contributed by atoms with E-state index >= 15 is 0 Å². The summed E-state index contributed by atoms with van der Waals surface area (Å²) in [5.41, 5.74) is 5.05. The van der Waals surface area contributed by atoms with Gasteiger partial charge < -0.3 is 15.7 Å². The molecule has 0 aliphatic carbocycles. The van der Waals surface area contributed by atoms with Gasteiger partial charge in [0.25, 0.3) is 0 Å². The molecule has 1 heterocycles. The van der Waals surface area contributed by atoms with Crippen LogP contribution in [0.25, 0.3) is 0 Å². The van der Waals surface area contributed by atoms with Gasteiger partial charge in [-0.1, -0.05) is 48.5 Å². The zero-order valence-corrected chi connectivity index (χ0v) is 11.5. The minimum Gasteiger partial charge on any atom is -0.394 e. The second-order valence-electron chi connectivity index (χ2n) is 5.15. The summed E-state index contributed by atoms with van der Waals surface area (Å²) in [6.45, 7) is 1.89. The highest BCUT2D eigenvalue weighted by Crippen LogP contribution is 2.26. The average molecular weight is 268 g/mol. The molecule has 2 aromatic carbocycles.